The number of ether oxygens (including phenoxy) is 1. The Morgan fingerprint density at radius 2 is 1.69 bits per heavy atom. The molecule has 4 heteroatoms. The summed E-state index contributed by atoms with van der Waals surface area (Å²) in [7, 11) is 0. The third-order valence-electron chi connectivity index (χ3n) is 5.08. The Morgan fingerprint density at radius 1 is 0.931 bits per heavy atom. The second kappa shape index (κ2) is 9.28. The van der Waals surface area contributed by atoms with Crippen LogP contribution in [-0.2, 0) is 6.61 Å². The average molecular weight is 387 g/mol. The highest BCUT2D eigenvalue weighted by Gasteiger charge is 2.11. The maximum atomic E-state index is 12.5. The number of carbonyl (C=O) groups is 1. The van der Waals surface area contributed by atoms with Gasteiger partial charge in [0.05, 0.1) is 0 Å². The largest absolute Gasteiger partial charge is 0.486 e. The molecule has 0 saturated carbocycles. The number of allylic oxidation sites excluding steroid dienone is 1. The van der Waals surface area contributed by atoms with E-state index in [4.69, 9.17) is 9.15 Å². The number of anilines is 1. The summed E-state index contributed by atoms with van der Waals surface area (Å²) < 4.78 is 11.4. The van der Waals surface area contributed by atoms with Crippen molar-refractivity contribution in [3.8, 4) is 5.75 Å². The molecule has 1 aliphatic heterocycles. The molecule has 4 nitrogen and oxygen atoms in total. The second-order valence-electron chi connectivity index (χ2n) is 7.20. The minimum atomic E-state index is -0.0336. The van der Waals surface area contributed by atoms with Crippen molar-refractivity contribution in [2.45, 2.75) is 25.9 Å². The number of ketones is 1. The van der Waals surface area contributed by atoms with Crippen LogP contribution in [-0.4, -0.2) is 18.9 Å². The quantitative estimate of drug-likeness (QED) is 0.383. The van der Waals surface area contributed by atoms with E-state index in [9.17, 15) is 4.79 Å². The zero-order valence-electron chi connectivity index (χ0n) is 16.4. The summed E-state index contributed by atoms with van der Waals surface area (Å²) in [5.41, 5.74) is 1.88. The van der Waals surface area contributed by atoms with E-state index < -0.39 is 0 Å². The van der Waals surface area contributed by atoms with Crippen LogP contribution in [0.1, 0.15) is 41.1 Å². The van der Waals surface area contributed by atoms with Crippen LogP contribution in [0.3, 0.4) is 0 Å². The highest BCUT2D eigenvalue weighted by Crippen LogP contribution is 2.21. The monoisotopic (exact) mass is 387 g/mol. The van der Waals surface area contributed by atoms with Gasteiger partial charge in [-0.15, -0.1) is 0 Å². The van der Waals surface area contributed by atoms with Gasteiger partial charge in [0.15, 0.2) is 5.78 Å². The molecule has 2 heterocycles. The minimum absolute atomic E-state index is 0.0336. The Balaban J connectivity index is 1.32. The second-order valence-corrected chi connectivity index (χ2v) is 7.20. The fraction of sp³-hybridized carbons (Fsp3) is 0.240. The van der Waals surface area contributed by atoms with Gasteiger partial charge in [-0.1, -0.05) is 18.2 Å². The fourth-order valence-corrected chi connectivity index (χ4v) is 3.48. The standard InChI is InChI=1S/C25H25NO3/c27-25(20-9-11-21(12-10-20)26-17-5-2-6-18-26)16-15-23-13-14-24(29-23)19-28-22-7-3-1-4-8-22/h1,3-4,7-16H,2,5-6,17-19H2/b16-15+. The van der Waals surface area contributed by atoms with E-state index in [1.54, 1.807) is 12.2 Å². The molecule has 0 unspecified atom stereocenters. The zero-order valence-corrected chi connectivity index (χ0v) is 16.4. The van der Waals surface area contributed by atoms with Crippen LogP contribution in [0.5, 0.6) is 5.75 Å². The van der Waals surface area contributed by atoms with E-state index in [2.05, 4.69) is 4.90 Å². The van der Waals surface area contributed by atoms with Crippen LogP contribution in [0, 0.1) is 0 Å². The van der Waals surface area contributed by atoms with Gasteiger partial charge in [0.2, 0.25) is 0 Å². The van der Waals surface area contributed by atoms with E-state index in [1.807, 2.05) is 66.7 Å². The minimum Gasteiger partial charge on any atom is -0.486 e. The first-order valence-corrected chi connectivity index (χ1v) is 10.1. The first-order chi connectivity index (χ1) is 14.3. The molecule has 0 bridgehead atoms. The summed E-state index contributed by atoms with van der Waals surface area (Å²) in [5, 5.41) is 0. The number of nitrogens with zero attached hydrogens (tertiary/aromatic N) is 1. The highest BCUT2D eigenvalue weighted by atomic mass is 16.5. The van der Waals surface area contributed by atoms with Crippen molar-refractivity contribution in [2.75, 3.05) is 18.0 Å². The first kappa shape index (κ1) is 19.1. The van der Waals surface area contributed by atoms with Crippen molar-refractivity contribution in [1.82, 2.24) is 0 Å². The Bertz CT molecular complexity index is 951. The number of hydrogen-bond acceptors (Lipinski definition) is 4. The molecule has 1 aliphatic rings. The molecule has 0 amide bonds. The van der Waals surface area contributed by atoms with Crippen LogP contribution in [0.15, 0.2) is 77.2 Å². The number of hydrogen-bond donors (Lipinski definition) is 0. The van der Waals surface area contributed by atoms with Crippen molar-refractivity contribution in [3.05, 3.63) is 89.9 Å². The molecule has 2 aromatic carbocycles. The van der Waals surface area contributed by atoms with Gasteiger partial charge >= 0.3 is 0 Å². The number of carbonyl (C=O) groups excluding carboxylic acids is 1. The number of furan rings is 1. The van der Waals surface area contributed by atoms with Crippen molar-refractivity contribution in [1.29, 1.82) is 0 Å². The maximum Gasteiger partial charge on any atom is 0.185 e. The number of rotatable bonds is 7. The van der Waals surface area contributed by atoms with Crippen molar-refractivity contribution in [3.63, 3.8) is 0 Å². The predicted octanol–water partition coefficient (Wildman–Crippen LogP) is 5.75. The molecule has 1 fully saturated rings. The Hall–Kier alpha value is -3.27. The predicted molar refractivity (Wildman–Crippen MR) is 115 cm³/mol. The van der Waals surface area contributed by atoms with Crippen LogP contribution in [0.4, 0.5) is 5.69 Å². The van der Waals surface area contributed by atoms with Crippen molar-refractivity contribution in [2.24, 2.45) is 0 Å². The van der Waals surface area contributed by atoms with Gasteiger partial charge < -0.3 is 14.1 Å². The lowest BCUT2D eigenvalue weighted by Gasteiger charge is -2.28. The van der Waals surface area contributed by atoms with Gasteiger partial charge in [-0.2, -0.15) is 0 Å². The third-order valence-corrected chi connectivity index (χ3v) is 5.08. The molecule has 1 saturated heterocycles. The van der Waals surface area contributed by atoms with Gasteiger partial charge in [0.1, 0.15) is 23.9 Å². The summed E-state index contributed by atoms with van der Waals surface area (Å²) in [6.07, 6.45) is 7.05. The smallest absolute Gasteiger partial charge is 0.185 e. The van der Waals surface area contributed by atoms with Crippen LogP contribution in [0.25, 0.3) is 6.08 Å². The summed E-state index contributed by atoms with van der Waals surface area (Å²) in [4.78, 5) is 14.8. The van der Waals surface area contributed by atoms with Gasteiger partial charge in [0.25, 0.3) is 0 Å². The van der Waals surface area contributed by atoms with Gasteiger partial charge in [0, 0.05) is 24.3 Å². The first-order valence-electron chi connectivity index (χ1n) is 10.1. The molecular weight excluding hydrogens is 362 g/mol. The molecule has 0 radical (unpaired) electrons. The summed E-state index contributed by atoms with van der Waals surface area (Å²) in [6, 6.07) is 21.2. The van der Waals surface area contributed by atoms with Gasteiger partial charge in [-0.05, 0) is 79.9 Å². The molecule has 148 valence electrons. The molecule has 3 aromatic rings. The fourth-order valence-electron chi connectivity index (χ4n) is 3.48. The summed E-state index contributed by atoms with van der Waals surface area (Å²) in [6.45, 7) is 2.55. The highest BCUT2D eigenvalue weighted by molar-refractivity contribution is 6.06. The molecular formula is C25H25NO3. The Kier molecular flexibility index (Phi) is 6.10. The molecule has 1 aromatic heterocycles. The van der Waals surface area contributed by atoms with Crippen LogP contribution < -0.4 is 9.64 Å². The van der Waals surface area contributed by atoms with E-state index >= 15 is 0 Å². The maximum absolute atomic E-state index is 12.5. The van der Waals surface area contributed by atoms with E-state index in [1.165, 1.54) is 24.9 Å². The van der Waals surface area contributed by atoms with Crippen LogP contribution in [0.2, 0.25) is 0 Å². The van der Waals surface area contributed by atoms with Crippen molar-refractivity contribution >= 4 is 17.5 Å². The Labute approximate surface area is 171 Å². The number of para-hydroxylation sites is 1. The van der Waals surface area contributed by atoms with Gasteiger partial charge in [-0.25, -0.2) is 0 Å². The van der Waals surface area contributed by atoms with Gasteiger partial charge in [-0.3, -0.25) is 4.79 Å². The van der Waals surface area contributed by atoms with E-state index in [0.717, 1.165) is 18.8 Å². The van der Waals surface area contributed by atoms with E-state index in [0.29, 0.717) is 23.7 Å². The van der Waals surface area contributed by atoms with Crippen molar-refractivity contribution < 1.29 is 13.9 Å². The summed E-state index contributed by atoms with van der Waals surface area (Å²) >= 11 is 0. The SMILES string of the molecule is O=C(/C=C/c1ccc(COc2ccccc2)o1)c1ccc(N2CCCCC2)cc1. The van der Waals surface area contributed by atoms with Crippen LogP contribution >= 0.6 is 0 Å². The number of benzene rings is 2. The molecule has 0 N–H and O–H groups in total. The lowest BCUT2D eigenvalue weighted by atomic mass is 10.1. The number of piperidine rings is 1. The molecule has 0 aliphatic carbocycles. The normalized spacial score (nSPS) is 14.3. The zero-order chi connectivity index (χ0) is 19.9. The van der Waals surface area contributed by atoms with E-state index in [-0.39, 0.29) is 5.78 Å². The molecule has 29 heavy (non-hydrogen) atoms. The lowest BCUT2D eigenvalue weighted by molar-refractivity contribution is 0.104. The summed E-state index contributed by atoms with van der Waals surface area (Å²) in [5.74, 6) is 2.11. The lowest BCUT2D eigenvalue weighted by Crippen LogP contribution is -2.29. The molecule has 0 atom stereocenters. The third kappa shape index (κ3) is 5.17. The molecule has 0 spiro atoms. The molecule has 4 rings (SSSR count). The Morgan fingerprint density at radius 3 is 2.45 bits per heavy atom. The average Bonchev–Trinajstić information content (AvgIpc) is 3.25. The topological polar surface area (TPSA) is 42.7 Å².